The van der Waals surface area contributed by atoms with E-state index in [-0.39, 0.29) is 18.3 Å². The van der Waals surface area contributed by atoms with Gasteiger partial charge in [-0.05, 0) is 43.2 Å². The highest BCUT2D eigenvalue weighted by atomic mass is 19.1. The van der Waals surface area contributed by atoms with Gasteiger partial charge >= 0.3 is 0 Å². The lowest BCUT2D eigenvalue weighted by molar-refractivity contribution is -0.00737. The zero-order valence-electron chi connectivity index (χ0n) is 14.5. The summed E-state index contributed by atoms with van der Waals surface area (Å²) in [6.45, 7) is 0.744. The summed E-state index contributed by atoms with van der Waals surface area (Å²) >= 11 is 0. The van der Waals surface area contributed by atoms with Crippen LogP contribution in [0.25, 0.3) is 0 Å². The van der Waals surface area contributed by atoms with E-state index in [0.29, 0.717) is 49.2 Å². The Morgan fingerprint density at radius 3 is 2.50 bits per heavy atom. The largest absolute Gasteiger partial charge is 0.381 e. The smallest absolute Gasteiger partial charge is 0.251 e. The molecule has 1 aromatic carbocycles. The van der Waals surface area contributed by atoms with Crippen LogP contribution in [-0.4, -0.2) is 31.3 Å². The number of hydrogen-bond donors (Lipinski definition) is 1. The predicted molar refractivity (Wildman–Crippen MR) is 96.1 cm³/mol. The van der Waals surface area contributed by atoms with Crippen molar-refractivity contribution in [3.8, 4) is 11.8 Å². The zero-order chi connectivity index (χ0) is 18.4. The number of halogens is 2. The Hall–Kier alpha value is -2.45. The second-order valence-electron chi connectivity index (χ2n) is 6.52. The summed E-state index contributed by atoms with van der Waals surface area (Å²) in [5.41, 5.74) is 0.133. The molecule has 1 aliphatic heterocycles. The topological polar surface area (TPSA) is 38.3 Å². The maximum atomic E-state index is 14.5. The van der Waals surface area contributed by atoms with Crippen molar-refractivity contribution in [2.75, 3.05) is 19.8 Å². The lowest BCUT2D eigenvalue weighted by atomic mass is 9.96. The third-order valence-corrected chi connectivity index (χ3v) is 4.54. The summed E-state index contributed by atoms with van der Waals surface area (Å²) in [5, 5.41) is 2.65. The fourth-order valence-electron chi connectivity index (χ4n) is 2.86. The van der Waals surface area contributed by atoms with Crippen LogP contribution in [0.5, 0.6) is 0 Å². The first-order chi connectivity index (χ1) is 12.6. The number of hydrogen-bond acceptors (Lipinski definition) is 2. The van der Waals surface area contributed by atoms with Gasteiger partial charge < -0.3 is 10.1 Å². The average molecular weight is 357 g/mol. The van der Waals surface area contributed by atoms with E-state index >= 15 is 0 Å². The summed E-state index contributed by atoms with van der Waals surface area (Å²) < 4.78 is 33.2. The number of carbonyl (C=O) groups excluding carboxylic acids is 1. The monoisotopic (exact) mass is 357 g/mol. The molecule has 1 aromatic rings. The molecule has 0 aromatic heterocycles. The second-order valence-corrected chi connectivity index (χ2v) is 6.52. The molecule has 0 bridgehead atoms. The van der Waals surface area contributed by atoms with Gasteiger partial charge in [-0.3, -0.25) is 4.79 Å². The van der Waals surface area contributed by atoms with Gasteiger partial charge in [0.1, 0.15) is 11.5 Å². The van der Waals surface area contributed by atoms with Crippen LogP contribution in [0, 0.1) is 11.8 Å². The number of alkyl halides is 1. The first kappa shape index (κ1) is 18.3. The van der Waals surface area contributed by atoms with Crippen LogP contribution in [0.1, 0.15) is 41.6 Å². The molecule has 136 valence electrons. The van der Waals surface area contributed by atoms with E-state index < -0.39 is 5.67 Å². The molecule has 1 heterocycles. The number of ether oxygens (including phenoxy) is 1. The van der Waals surface area contributed by atoms with Crippen molar-refractivity contribution < 1.29 is 18.3 Å². The molecule has 3 nitrogen and oxygen atoms in total. The third kappa shape index (κ3) is 4.80. The van der Waals surface area contributed by atoms with E-state index in [9.17, 15) is 13.6 Å². The van der Waals surface area contributed by atoms with Crippen LogP contribution in [0.2, 0.25) is 0 Å². The summed E-state index contributed by atoms with van der Waals surface area (Å²) in [5.74, 6) is 5.10. The molecular weight excluding hydrogens is 336 g/mol. The average Bonchev–Trinajstić information content (AvgIpc) is 2.67. The number of nitrogens with one attached hydrogen (secondary N) is 1. The quantitative estimate of drug-likeness (QED) is 0.835. The molecule has 0 atom stereocenters. The molecule has 1 saturated heterocycles. The highest BCUT2D eigenvalue weighted by Gasteiger charge is 2.32. The van der Waals surface area contributed by atoms with Crippen LogP contribution < -0.4 is 5.32 Å². The normalized spacial score (nSPS) is 18.8. The molecule has 1 aliphatic carbocycles. The van der Waals surface area contributed by atoms with Crippen molar-refractivity contribution in [1.29, 1.82) is 0 Å². The van der Waals surface area contributed by atoms with Gasteiger partial charge in [0.25, 0.3) is 5.91 Å². The van der Waals surface area contributed by atoms with Crippen LogP contribution in [-0.2, 0) is 4.74 Å². The Balaban J connectivity index is 1.58. The van der Waals surface area contributed by atoms with Gasteiger partial charge in [-0.2, -0.15) is 0 Å². The molecule has 1 N–H and O–H groups in total. The van der Waals surface area contributed by atoms with E-state index in [1.54, 1.807) is 30.3 Å². The molecule has 1 fully saturated rings. The number of rotatable bonds is 3. The van der Waals surface area contributed by atoms with Crippen LogP contribution >= 0.6 is 0 Å². The van der Waals surface area contributed by atoms with E-state index in [2.05, 4.69) is 17.2 Å². The van der Waals surface area contributed by atoms with E-state index in [4.69, 9.17) is 4.74 Å². The molecule has 0 unspecified atom stereocenters. The van der Waals surface area contributed by atoms with E-state index in [1.807, 2.05) is 0 Å². The molecule has 0 spiro atoms. The summed E-state index contributed by atoms with van der Waals surface area (Å²) in [6, 6.07) is 6.67. The highest BCUT2D eigenvalue weighted by molar-refractivity contribution is 5.94. The van der Waals surface area contributed by atoms with Gasteiger partial charge in [-0.25, -0.2) is 8.78 Å². The van der Waals surface area contributed by atoms with Crippen LogP contribution in [0.3, 0.4) is 0 Å². The molecule has 0 saturated carbocycles. The number of carbonyl (C=O) groups is 1. The Kier molecular flexibility index (Phi) is 5.85. The standard InChI is InChI=1S/C21H21F2NO2/c22-19-4-2-1-3-17(19)8-5-16-6-9-18(10-7-16)20(25)24-15-21(23)11-13-26-14-12-21/h3-4,6-7,9-10H,1-2,11-15H2,(H,24,25). The second kappa shape index (κ2) is 8.29. The number of benzene rings is 1. The minimum absolute atomic E-state index is 0.0173. The first-order valence-corrected chi connectivity index (χ1v) is 8.79. The van der Waals surface area contributed by atoms with E-state index in [0.717, 1.165) is 6.42 Å². The fraction of sp³-hybridized carbons (Fsp3) is 0.381. The Bertz CT molecular complexity index is 778. The van der Waals surface area contributed by atoms with Crippen molar-refractivity contribution in [2.45, 2.75) is 31.4 Å². The lowest BCUT2D eigenvalue weighted by Crippen LogP contribution is -2.43. The molecule has 1 amide bonds. The Morgan fingerprint density at radius 2 is 1.81 bits per heavy atom. The third-order valence-electron chi connectivity index (χ3n) is 4.54. The number of amides is 1. The predicted octanol–water partition coefficient (Wildman–Crippen LogP) is 3.86. The fourth-order valence-corrected chi connectivity index (χ4v) is 2.86. The summed E-state index contributed by atoms with van der Waals surface area (Å²) in [6.07, 6.45) is 5.40. The van der Waals surface area contributed by atoms with Crippen molar-refractivity contribution in [3.63, 3.8) is 0 Å². The maximum Gasteiger partial charge on any atom is 0.251 e. The van der Waals surface area contributed by atoms with E-state index in [1.165, 1.54) is 6.08 Å². The molecular formula is C21H21F2NO2. The van der Waals surface area contributed by atoms with Gasteiger partial charge in [-0.1, -0.05) is 17.9 Å². The van der Waals surface area contributed by atoms with Gasteiger partial charge in [0.05, 0.1) is 12.1 Å². The summed E-state index contributed by atoms with van der Waals surface area (Å²) in [7, 11) is 0. The minimum atomic E-state index is -1.40. The maximum absolute atomic E-state index is 14.5. The van der Waals surface area contributed by atoms with Crippen molar-refractivity contribution in [1.82, 2.24) is 5.32 Å². The van der Waals surface area contributed by atoms with Gasteiger partial charge in [0.2, 0.25) is 0 Å². The minimum Gasteiger partial charge on any atom is -0.381 e. The molecule has 2 aliphatic rings. The number of allylic oxidation sites excluding steroid dienone is 4. The molecule has 5 heteroatoms. The highest BCUT2D eigenvalue weighted by Crippen LogP contribution is 2.24. The first-order valence-electron chi connectivity index (χ1n) is 8.79. The van der Waals surface area contributed by atoms with Gasteiger partial charge in [0, 0.05) is 37.2 Å². The Labute approximate surface area is 152 Å². The van der Waals surface area contributed by atoms with Crippen LogP contribution in [0.15, 0.2) is 47.8 Å². The molecule has 3 rings (SSSR count). The SMILES string of the molecule is O=C(NCC1(F)CCOCC1)c1ccc(C#CC2=CCCC=C2F)cc1. The molecule has 0 radical (unpaired) electrons. The van der Waals surface area contributed by atoms with Crippen molar-refractivity contribution in [2.24, 2.45) is 0 Å². The van der Waals surface area contributed by atoms with Crippen molar-refractivity contribution in [3.05, 3.63) is 58.9 Å². The van der Waals surface area contributed by atoms with Crippen LogP contribution in [0.4, 0.5) is 8.78 Å². The Morgan fingerprint density at radius 1 is 1.12 bits per heavy atom. The van der Waals surface area contributed by atoms with Gasteiger partial charge in [-0.15, -0.1) is 0 Å². The summed E-state index contributed by atoms with van der Waals surface area (Å²) in [4.78, 5) is 12.2. The molecule has 26 heavy (non-hydrogen) atoms. The zero-order valence-corrected chi connectivity index (χ0v) is 14.5. The van der Waals surface area contributed by atoms with Crippen molar-refractivity contribution >= 4 is 5.91 Å². The van der Waals surface area contributed by atoms with Gasteiger partial charge in [0.15, 0.2) is 0 Å². The lowest BCUT2D eigenvalue weighted by Gasteiger charge is -2.29.